The SMILES string of the molecule is COCCn1c(=NC(=O)CCC2CCCC2)sc2cc(OC)ccc21. The average Bonchev–Trinajstić information content (AvgIpc) is 3.25. The highest BCUT2D eigenvalue weighted by Gasteiger charge is 2.16. The first kappa shape index (κ1) is 18.1. The summed E-state index contributed by atoms with van der Waals surface area (Å²) in [7, 11) is 3.34. The number of benzene rings is 1. The van der Waals surface area contributed by atoms with E-state index in [4.69, 9.17) is 9.47 Å². The van der Waals surface area contributed by atoms with E-state index in [1.165, 1.54) is 37.0 Å². The molecule has 2 aromatic rings. The van der Waals surface area contributed by atoms with Crippen molar-refractivity contribution in [1.29, 1.82) is 0 Å². The Hall–Kier alpha value is -1.66. The van der Waals surface area contributed by atoms with Crippen LogP contribution in [0.3, 0.4) is 0 Å². The molecular weight excluding hydrogens is 336 g/mol. The largest absolute Gasteiger partial charge is 0.497 e. The first-order valence-corrected chi connectivity index (χ1v) is 9.77. The minimum absolute atomic E-state index is 0.0170. The van der Waals surface area contributed by atoms with Crippen molar-refractivity contribution in [3.05, 3.63) is 23.0 Å². The maximum absolute atomic E-state index is 12.4. The molecule has 0 aliphatic heterocycles. The van der Waals surface area contributed by atoms with Gasteiger partial charge in [-0.25, -0.2) is 0 Å². The number of carbonyl (C=O) groups excluding carboxylic acids is 1. The Bertz CT molecular complexity index is 788. The summed E-state index contributed by atoms with van der Waals surface area (Å²) in [6, 6.07) is 5.94. The first-order valence-electron chi connectivity index (χ1n) is 8.95. The van der Waals surface area contributed by atoms with E-state index in [2.05, 4.69) is 9.56 Å². The predicted octanol–water partition coefficient (Wildman–Crippen LogP) is 3.76. The molecule has 0 unspecified atom stereocenters. The maximum atomic E-state index is 12.4. The van der Waals surface area contributed by atoms with Crippen LogP contribution >= 0.6 is 11.3 Å². The Balaban J connectivity index is 1.85. The van der Waals surface area contributed by atoms with Crippen LogP contribution in [0, 0.1) is 5.92 Å². The highest BCUT2D eigenvalue weighted by molar-refractivity contribution is 7.16. The van der Waals surface area contributed by atoms with E-state index >= 15 is 0 Å². The number of rotatable bonds is 7. The Morgan fingerprint density at radius 2 is 2.12 bits per heavy atom. The van der Waals surface area contributed by atoms with Gasteiger partial charge in [-0.1, -0.05) is 37.0 Å². The second-order valence-corrected chi connectivity index (χ2v) is 7.57. The summed E-state index contributed by atoms with van der Waals surface area (Å²) in [5, 5.41) is 0. The molecular formula is C19H26N2O3S. The number of hydrogen-bond donors (Lipinski definition) is 0. The lowest BCUT2D eigenvalue weighted by atomic mass is 10.0. The zero-order valence-electron chi connectivity index (χ0n) is 15.0. The van der Waals surface area contributed by atoms with Crippen LogP contribution in [0.4, 0.5) is 0 Å². The lowest BCUT2D eigenvalue weighted by molar-refractivity contribution is -0.118. The monoisotopic (exact) mass is 362 g/mol. The predicted molar refractivity (Wildman–Crippen MR) is 100 cm³/mol. The number of hydrogen-bond acceptors (Lipinski definition) is 4. The Labute approximate surface area is 152 Å². The normalized spacial score (nSPS) is 16.0. The van der Waals surface area contributed by atoms with E-state index in [1.807, 2.05) is 18.2 Å². The molecule has 1 aliphatic rings. The standard InChI is InChI=1S/C19H26N2O3S/c1-23-12-11-21-16-9-8-15(24-2)13-17(16)25-19(21)20-18(22)10-7-14-5-3-4-6-14/h8-9,13-14H,3-7,10-12H2,1-2H3. The average molecular weight is 362 g/mol. The lowest BCUT2D eigenvalue weighted by Crippen LogP contribution is -2.19. The number of amides is 1. The van der Waals surface area contributed by atoms with Crippen LogP contribution in [-0.4, -0.2) is 31.3 Å². The van der Waals surface area contributed by atoms with Crippen LogP contribution in [-0.2, 0) is 16.1 Å². The van der Waals surface area contributed by atoms with Crippen molar-refractivity contribution in [3.8, 4) is 5.75 Å². The van der Waals surface area contributed by atoms with Crippen LogP contribution in [0.5, 0.6) is 5.75 Å². The highest BCUT2D eigenvalue weighted by atomic mass is 32.1. The third-order valence-corrected chi connectivity index (χ3v) is 5.91. The third-order valence-electron chi connectivity index (χ3n) is 4.87. The van der Waals surface area contributed by atoms with Crippen LogP contribution < -0.4 is 9.54 Å². The number of ether oxygens (including phenoxy) is 2. The molecule has 5 nitrogen and oxygen atoms in total. The Morgan fingerprint density at radius 3 is 2.84 bits per heavy atom. The molecule has 1 aromatic carbocycles. The second-order valence-electron chi connectivity index (χ2n) is 6.56. The molecule has 0 saturated heterocycles. The first-order chi connectivity index (χ1) is 12.2. The third kappa shape index (κ3) is 4.50. The summed E-state index contributed by atoms with van der Waals surface area (Å²) in [6.07, 6.45) is 6.68. The summed E-state index contributed by atoms with van der Waals surface area (Å²) < 4.78 is 13.7. The summed E-state index contributed by atoms with van der Waals surface area (Å²) in [4.78, 5) is 17.5. The van der Waals surface area contributed by atoms with Crippen LogP contribution in [0.1, 0.15) is 38.5 Å². The quantitative estimate of drug-likeness (QED) is 0.754. The van der Waals surface area contributed by atoms with Gasteiger partial charge in [0.2, 0.25) is 5.91 Å². The fourth-order valence-corrected chi connectivity index (χ4v) is 4.56. The van der Waals surface area contributed by atoms with Crippen molar-refractivity contribution in [3.63, 3.8) is 0 Å². The van der Waals surface area contributed by atoms with Crippen molar-refractivity contribution in [1.82, 2.24) is 4.57 Å². The van der Waals surface area contributed by atoms with E-state index in [9.17, 15) is 4.79 Å². The zero-order valence-corrected chi connectivity index (χ0v) is 15.8. The molecule has 0 atom stereocenters. The molecule has 1 amide bonds. The van der Waals surface area contributed by atoms with E-state index in [-0.39, 0.29) is 5.91 Å². The van der Waals surface area contributed by atoms with E-state index in [0.717, 1.165) is 27.2 Å². The van der Waals surface area contributed by atoms with E-state index in [1.54, 1.807) is 14.2 Å². The zero-order chi connectivity index (χ0) is 17.6. The highest BCUT2D eigenvalue weighted by Crippen LogP contribution is 2.28. The fraction of sp³-hybridized carbons (Fsp3) is 0.579. The number of aromatic nitrogens is 1. The lowest BCUT2D eigenvalue weighted by Gasteiger charge is -2.06. The Kier molecular flexibility index (Phi) is 6.26. The van der Waals surface area contributed by atoms with Gasteiger partial charge in [-0.15, -0.1) is 0 Å². The van der Waals surface area contributed by atoms with Gasteiger partial charge in [-0.05, 0) is 30.5 Å². The fourth-order valence-electron chi connectivity index (χ4n) is 3.45. The van der Waals surface area contributed by atoms with Crippen molar-refractivity contribution in [2.24, 2.45) is 10.9 Å². The molecule has 25 heavy (non-hydrogen) atoms. The number of carbonyl (C=O) groups is 1. The van der Waals surface area contributed by atoms with Gasteiger partial charge in [-0.3, -0.25) is 4.79 Å². The molecule has 1 fully saturated rings. The van der Waals surface area contributed by atoms with Gasteiger partial charge in [0, 0.05) is 20.1 Å². The Morgan fingerprint density at radius 1 is 1.32 bits per heavy atom. The molecule has 0 bridgehead atoms. The number of nitrogens with zero attached hydrogens (tertiary/aromatic N) is 2. The second kappa shape index (κ2) is 8.63. The number of fused-ring (bicyclic) bond motifs is 1. The molecule has 136 valence electrons. The topological polar surface area (TPSA) is 52.8 Å². The van der Waals surface area contributed by atoms with E-state index < -0.39 is 0 Å². The van der Waals surface area contributed by atoms with Crippen molar-refractivity contribution in [2.45, 2.75) is 45.1 Å². The van der Waals surface area contributed by atoms with Crippen LogP contribution in [0.25, 0.3) is 10.2 Å². The van der Waals surface area contributed by atoms with Crippen molar-refractivity contribution < 1.29 is 14.3 Å². The number of methoxy groups -OCH3 is 2. The van der Waals surface area contributed by atoms with Gasteiger partial charge in [-0.2, -0.15) is 4.99 Å². The van der Waals surface area contributed by atoms with Gasteiger partial charge in [0.1, 0.15) is 5.75 Å². The smallest absolute Gasteiger partial charge is 0.248 e. The van der Waals surface area contributed by atoms with Crippen molar-refractivity contribution in [2.75, 3.05) is 20.8 Å². The minimum atomic E-state index is -0.0170. The van der Waals surface area contributed by atoms with Crippen LogP contribution in [0.2, 0.25) is 0 Å². The summed E-state index contributed by atoms with van der Waals surface area (Å²) in [5.41, 5.74) is 1.06. The molecule has 1 aliphatic carbocycles. The molecule has 0 spiro atoms. The summed E-state index contributed by atoms with van der Waals surface area (Å²) >= 11 is 1.53. The summed E-state index contributed by atoms with van der Waals surface area (Å²) in [5.74, 6) is 1.51. The molecule has 6 heteroatoms. The number of thiazole rings is 1. The van der Waals surface area contributed by atoms with Crippen LogP contribution in [0.15, 0.2) is 23.2 Å². The van der Waals surface area contributed by atoms with Gasteiger partial charge in [0.15, 0.2) is 4.80 Å². The van der Waals surface area contributed by atoms with Crippen molar-refractivity contribution >= 4 is 27.5 Å². The molecule has 0 radical (unpaired) electrons. The van der Waals surface area contributed by atoms with Gasteiger partial charge in [0.25, 0.3) is 0 Å². The molecule has 3 rings (SSSR count). The minimum Gasteiger partial charge on any atom is -0.497 e. The maximum Gasteiger partial charge on any atom is 0.248 e. The molecule has 1 heterocycles. The molecule has 1 aromatic heterocycles. The summed E-state index contributed by atoms with van der Waals surface area (Å²) in [6.45, 7) is 1.26. The van der Waals surface area contributed by atoms with Gasteiger partial charge in [0.05, 0.1) is 23.9 Å². The molecule has 0 N–H and O–H groups in total. The van der Waals surface area contributed by atoms with Gasteiger partial charge >= 0.3 is 0 Å². The molecule has 1 saturated carbocycles. The van der Waals surface area contributed by atoms with Gasteiger partial charge < -0.3 is 14.0 Å². The van der Waals surface area contributed by atoms with E-state index in [0.29, 0.717) is 25.5 Å².